The Morgan fingerprint density at radius 1 is 0.533 bits per heavy atom. The molecule has 29 heteroatoms. The molecule has 420 valence electrons. The van der Waals surface area contributed by atoms with Gasteiger partial charge in [0.1, 0.15) is 98.7 Å². The lowest BCUT2D eigenvalue weighted by Crippen LogP contribution is -2.67. The van der Waals surface area contributed by atoms with E-state index in [4.69, 9.17) is 61.6 Å². The van der Waals surface area contributed by atoms with E-state index in [1.165, 1.54) is 64.9 Å². The third kappa shape index (κ3) is 12.9. The molecule has 0 saturated carbocycles. The number of phenols is 2. The van der Waals surface area contributed by atoms with Gasteiger partial charge in [-0.25, -0.2) is 9.59 Å². The molecule has 2 aromatic carbocycles. The molecule has 75 heavy (non-hydrogen) atoms. The minimum absolute atomic E-state index is 0.000952. The molecular formula is C46H62O29. The molecule has 6 rings (SSSR count). The van der Waals surface area contributed by atoms with Crippen molar-refractivity contribution in [3.8, 4) is 34.5 Å². The van der Waals surface area contributed by atoms with Gasteiger partial charge >= 0.3 is 11.9 Å². The van der Waals surface area contributed by atoms with E-state index in [-0.39, 0.29) is 40.1 Å². The van der Waals surface area contributed by atoms with Crippen LogP contribution in [0.4, 0.5) is 0 Å². The molecule has 4 saturated heterocycles. The van der Waals surface area contributed by atoms with E-state index in [1.807, 2.05) is 0 Å². The van der Waals surface area contributed by atoms with Crippen LogP contribution in [0.2, 0.25) is 0 Å². The zero-order valence-corrected chi connectivity index (χ0v) is 40.4. The van der Waals surface area contributed by atoms with Crippen molar-refractivity contribution in [2.24, 2.45) is 0 Å². The van der Waals surface area contributed by atoms with E-state index in [2.05, 4.69) is 0 Å². The largest absolute Gasteiger partial charge is 0.502 e. The number of phenolic OH excluding ortho intramolecular Hbond substituents is 2. The Kier molecular flexibility index (Phi) is 20.4. The topological polar surface area (TPSA) is 437 Å². The second kappa shape index (κ2) is 25.8. The summed E-state index contributed by atoms with van der Waals surface area (Å²) in [5, 5.41) is 150. The van der Waals surface area contributed by atoms with Crippen molar-refractivity contribution in [1.82, 2.24) is 0 Å². The first-order chi connectivity index (χ1) is 35.7. The van der Waals surface area contributed by atoms with Gasteiger partial charge in [-0.15, -0.1) is 0 Å². The Hall–Kier alpha value is -5.10. The van der Waals surface area contributed by atoms with Gasteiger partial charge in [-0.05, 0) is 47.5 Å². The number of benzene rings is 2. The van der Waals surface area contributed by atoms with Crippen molar-refractivity contribution >= 4 is 24.1 Å². The molecule has 2 aromatic rings. The van der Waals surface area contributed by atoms with E-state index in [1.54, 1.807) is 0 Å². The summed E-state index contributed by atoms with van der Waals surface area (Å²) in [5.74, 6) is -5.81. The summed E-state index contributed by atoms with van der Waals surface area (Å²) in [4.78, 5) is 26.5. The number of carbonyl (C=O) groups excluding carboxylic acids is 2. The Morgan fingerprint density at radius 2 is 0.973 bits per heavy atom. The van der Waals surface area contributed by atoms with Gasteiger partial charge in [0.05, 0.1) is 48.3 Å². The van der Waals surface area contributed by atoms with Crippen LogP contribution in [0.3, 0.4) is 0 Å². The number of aromatic hydroxyl groups is 2. The van der Waals surface area contributed by atoms with Crippen molar-refractivity contribution < 1.29 is 143 Å². The molecule has 0 aromatic heterocycles. The number of hydrogen-bond acceptors (Lipinski definition) is 29. The highest BCUT2D eigenvalue weighted by molar-refractivity contribution is 5.88. The number of carbonyl (C=O) groups is 2. The Labute approximate surface area is 425 Å². The number of ether oxygens (including phenoxy) is 13. The molecule has 4 fully saturated rings. The number of aliphatic hydroxyl groups excluding tert-OH is 12. The monoisotopic (exact) mass is 1080 g/mol. The van der Waals surface area contributed by atoms with Crippen LogP contribution in [0.5, 0.6) is 34.5 Å². The lowest BCUT2D eigenvalue weighted by atomic mass is 9.96. The first-order valence-corrected chi connectivity index (χ1v) is 22.9. The molecule has 0 aliphatic carbocycles. The lowest BCUT2D eigenvalue weighted by Gasteiger charge is -2.49. The molecule has 19 atom stereocenters. The first-order valence-electron chi connectivity index (χ1n) is 22.9. The second-order valence-corrected chi connectivity index (χ2v) is 17.2. The minimum Gasteiger partial charge on any atom is -0.502 e. The molecule has 0 radical (unpaired) electrons. The Bertz CT molecular complexity index is 2230. The van der Waals surface area contributed by atoms with E-state index in [0.29, 0.717) is 5.56 Å². The number of rotatable bonds is 21. The summed E-state index contributed by atoms with van der Waals surface area (Å²) in [6, 6.07) is 5.38. The van der Waals surface area contributed by atoms with Gasteiger partial charge in [-0.1, -0.05) is 0 Å². The number of hydrogen-bond donors (Lipinski definition) is 14. The van der Waals surface area contributed by atoms with Crippen molar-refractivity contribution in [1.29, 1.82) is 0 Å². The van der Waals surface area contributed by atoms with Gasteiger partial charge in [-0.3, -0.25) is 0 Å². The van der Waals surface area contributed by atoms with E-state index in [0.717, 1.165) is 12.2 Å². The van der Waals surface area contributed by atoms with Crippen molar-refractivity contribution in [2.75, 3.05) is 61.5 Å². The zero-order valence-electron chi connectivity index (χ0n) is 40.4. The number of methoxy groups -OCH3 is 4. The van der Waals surface area contributed by atoms with Gasteiger partial charge < -0.3 is 133 Å². The van der Waals surface area contributed by atoms with E-state index >= 15 is 0 Å². The molecule has 14 N–H and O–H groups in total. The Morgan fingerprint density at radius 3 is 1.47 bits per heavy atom. The van der Waals surface area contributed by atoms with Crippen LogP contribution in [0.15, 0.2) is 36.4 Å². The van der Waals surface area contributed by atoms with Crippen molar-refractivity contribution in [3.05, 3.63) is 47.5 Å². The maximum atomic E-state index is 13.4. The summed E-state index contributed by atoms with van der Waals surface area (Å²) in [6.07, 6.45) is -31.4. The summed E-state index contributed by atoms with van der Waals surface area (Å²) in [7, 11) is 5.09. The van der Waals surface area contributed by atoms with Gasteiger partial charge in [0.25, 0.3) is 0 Å². The average Bonchev–Trinajstić information content (AvgIpc) is 3.67. The quantitative estimate of drug-likeness (QED) is 0.0409. The van der Waals surface area contributed by atoms with Crippen molar-refractivity contribution in [3.63, 3.8) is 0 Å². The van der Waals surface area contributed by atoms with Crippen LogP contribution in [-0.2, 0) is 52.2 Å². The highest BCUT2D eigenvalue weighted by atomic mass is 16.8. The van der Waals surface area contributed by atoms with Crippen LogP contribution in [0, 0.1) is 0 Å². The van der Waals surface area contributed by atoms with Crippen LogP contribution in [0.1, 0.15) is 11.1 Å². The van der Waals surface area contributed by atoms with Crippen LogP contribution < -0.4 is 18.9 Å². The molecule has 4 aliphatic heterocycles. The summed E-state index contributed by atoms with van der Waals surface area (Å²) >= 11 is 0. The van der Waals surface area contributed by atoms with Crippen molar-refractivity contribution in [2.45, 2.75) is 116 Å². The standard InChI is InChI=1S/C46H62O29/c1-63-20-9-18(10-21(64-2)30(20)53)5-7-28(51)67-16-27-33(56)36(59)41(73-44-39(62)37(60)40(26(15-49)69-44)72-43-38(61)35(58)32(55)24(13-47)68-43)45(70-27)75-46(17-50)42(34(57)25(14-48)74-46)71-29(52)8-6-19-11-22(65-3)31(54)23(12-19)66-4/h5-12,24-27,32-45,47-50,53-62H,13-17H2,1-4H3. The van der Waals surface area contributed by atoms with Gasteiger partial charge in [0.2, 0.25) is 17.3 Å². The van der Waals surface area contributed by atoms with E-state index < -0.39 is 161 Å². The fourth-order valence-corrected chi connectivity index (χ4v) is 8.44. The second-order valence-electron chi connectivity index (χ2n) is 17.2. The summed E-state index contributed by atoms with van der Waals surface area (Å²) in [5.41, 5.74) is 0.530. The minimum atomic E-state index is -2.78. The molecule has 4 heterocycles. The Balaban J connectivity index is 1.28. The molecule has 0 spiro atoms. The summed E-state index contributed by atoms with van der Waals surface area (Å²) in [6.45, 7) is -5.11. The SMILES string of the molecule is COc1cc(C=CC(=O)OCC2OC(OC3(CO)OC(CO)C(O)C3OC(=O)C=Cc3cc(OC)c(O)c(OC)c3)C(OC3OC(CO)C(OC4OC(CO)C(O)C(O)C4O)C(O)C3O)C(O)C2O)cc(OC)c1O. The average molecular weight is 1080 g/mol. The highest BCUT2D eigenvalue weighted by Gasteiger charge is 2.62. The normalized spacial score (nSPS) is 36.1. The van der Waals surface area contributed by atoms with E-state index in [9.17, 15) is 81.1 Å². The maximum absolute atomic E-state index is 13.4. The van der Waals surface area contributed by atoms with Gasteiger partial charge in [0.15, 0.2) is 48.0 Å². The lowest BCUT2D eigenvalue weighted by molar-refractivity contribution is -0.412. The first kappa shape index (κ1) is 59.1. The number of esters is 2. The summed E-state index contributed by atoms with van der Waals surface area (Å²) < 4.78 is 71.7. The molecular weight excluding hydrogens is 1020 g/mol. The van der Waals surface area contributed by atoms with Gasteiger partial charge in [0, 0.05) is 12.2 Å². The predicted molar refractivity (Wildman–Crippen MR) is 242 cm³/mol. The van der Waals surface area contributed by atoms with Crippen LogP contribution in [0.25, 0.3) is 12.2 Å². The third-order valence-corrected chi connectivity index (χ3v) is 12.5. The number of aliphatic hydroxyl groups is 12. The molecule has 4 aliphatic rings. The fraction of sp³-hybridized carbons (Fsp3) is 0.609. The maximum Gasteiger partial charge on any atom is 0.331 e. The zero-order chi connectivity index (χ0) is 55.1. The molecule has 0 amide bonds. The van der Waals surface area contributed by atoms with Crippen LogP contribution >= 0.6 is 0 Å². The molecule has 29 nitrogen and oxygen atoms in total. The third-order valence-electron chi connectivity index (χ3n) is 12.5. The van der Waals surface area contributed by atoms with Gasteiger partial charge in [-0.2, -0.15) is 0 Å². The molecule has 19 unspecified atom stereocenters. The smallest absolute Gasteiger partial charge is 0.331 e. The molecule has 0 bridgehead atoms. The fourth-order valence-electron chi connectivity index (χ4n) is 8.44. The highest BCUT2D eigenvalue weighted by Crippen LogP contribution is 2.42. The van der Waals surface area contributed by atoms with Crippen LogP contribution in [-0.4, -0.2) is 261 Å². The predicted octanol–water partition coefficient (Wildman–Crippen LogP) is -5.77.